The number of Topliss-reactive ketones (excluding diaryl/α,β-unsaturated/α-hetero) is 1. The van der Waals surface area contributed by atoms with E-state index >= 15 is 4.39 Å². The predicted molar refractivity (Wildman–Crippen MR) is 192 cm³/mol. The van der Waals surface area contributed by atoms with Crippen molar-refractivity contribution in [1.29, 1.82) is 0 Å². The van der Waals surface area contributed by atoms with Crippen LogP contribution in [0.25, 0.3) is 10.9 Å². The van der Waals surface area contributed by atoms with Gasteiger partial charge < -0.3 is 24.4 Å². The number of hydrogen-bond acceptors (Lipinski definition) is 8. The van der Waals surface area contributed by atoms with E-state index in [-0.39, 0.29) is 47.1 Å². The zero-order valence-corrected chi connectivity index (χ0v) is 30.5. The number of fused-ring (bicyclic) bond motifs is 1. The molecule has 0 unspecified atom stereocenters. The SMILES string of the molecule is C=C[C@]1(C)C[C@@H](OC(=O)NC(=O)C2CCN(c3cc4c(cc3F)c(=O)c(C(=O)O)cn4C3CC3)CC2)[C@]2(C)[C@H](C)CC[C@]3(CCC(=O)[C@H]32)[C@@H](C)[C@@H]1O. The van der Waals surface area contributed by atoms with Crippen LogP contribution in [0.3, 0.4) is 0 Å². The quantitative estimate of drug-likeness (QED) is 0.305. The Balaban J connectivity index is 1.07. The number of ketones is 1. The molecule has 3 N–H and O–H groups in total. The molecule has 52 heavy (non-hydrogen) atoms. The van der Waals surface area contributed by atoms with Crippen LogP contribution in [0.5, 0.6) is 0 Å². The Hall–Kier alpha value is -4.06. The highest BCUT2D eigenvalue weighted by molar-refractivity contribution is 5.94. The van der Waals surface area contributed by atoms with Crippen molar-refractivity contribution in [2.24, 2.45) is 39.9 Å². The maximum atomic E-state index is 15.5. The summed E-state index contributed by atoms with van der Waals surface area (Å²) in [6.07, 6.45) is 5.99. The van der Waals surface area contributed by atoms with Gasteiger partial charge in [-0.3, -0.25) is 19.7 Å². The van der Waals surface area contributed by atoms with Gasteiger partial charge in [-0.1, -0.05) is 33.8 Å². The van der Waals surface area contributed by atoms with Crippen molar-refractivity contribution in [1.82, 2.24) is 9.88 Å². The lowest BCUT2D eigenvalue weighted by Crippen LogP contribution is -2.63. The topological polar surface area (TPSA) is 155 Å². The number of ether oxygens (including phenoxy) is 1. The number of hydrogen-bond donors (Lipinski definition) is 3. The molecule has 5 aliphatic rings. The number of carbonyl (C=O) groups excluding carboxylic acids is 3. The van der Waals surface area contributed by atoms with Crippen molar-refractivity contribution in [3.05, 3.63) is 52.6 Å². The second-order valence-corrected chi connectivity index (χ2v) is 16.9. The molecule has 2 amide bonds. The molecule has 8 atom stereocenters. The number of benzene rings is 1. The highest BCUT2D eigenvalue weighted by Gasteiger charge is 2.68. The van der Waals surface area contributed by atoms with Crippen LogP contribution in [0.2, 0.25) is 0 Å². The van der Waals surface area contributed by atoms with Crippen LogP contribution in [0.15, 0.2) is 35.8 Å². The monoisotopic (exact) mass is 719 g/mol. The number of alkyl carbamates (subject to hydrolysis) is 1. The van der Waals surface area contributed by atoms with E-state index in [9.17, 15) is 34.2 Å². The first-order valence-corrected chi connectivity index (χ1v) is 18.8. The summed E-state index contributed by atoms with van der Waals surface area (Å²) in [5.41, 5.74) is -2.31. The molecule has 2 aromatic rings. The molecule has 1 aromatic heterocycles. The van der Waals surface area contributed by atoms with Gasteiger partial charge in [-0.15, -0.1) is 6.58 Å². The summed E-state index contributed by atoms with van der Waals surface area (Å²) in [6.45, 7) is 12.8. The van der Waals surface area contributed by atoms with Gasteiger partial charge in [-0.25, -0.2) is 14.0 Å². The Morgan fingerprint density at radius 2 is 1.75 bits per heavy atom. The first kappa shape index (κ1) is 36.3. The van der Waals surface area contributed by atoms with Crippen molar-refractivity contribution in [2.75, 3.05) is 18.0 Å². The number of imide groups is 1. The number of anilines is 1. The van der Waals surface area contributed by atoms with E-state index in [4.69, 9.17) is 4.74 Å². The summed E-state index contributed by atoms with van der Waals surface area (Å²) < 4.78 is 23.5. The average molecular weight is 720 g/mol. The second kappa shape index (κ2) is 12.8. The fraction of sp³-hybridized carbons (Fsp3) is 0.625. The molecule has 1 aromatic carbocycles. The molecule has 0 spiro atoms. The third-order valence-corrected chi connectivity index (χ3v) is 14.3. The highest BCUT2D eigenvalue weighted by Crippen LogP contribution is 2.68. The van der Waals surface area contributed by atoms with Gasteiger partial charge in [0.05, 0.1) is 17.3 Å². The van der Waals surface area contributed by atoms with E-state index in [1.807, 2.05) is 20.8 Å². The zero-order chi connectivity index (χ0) is 37.5. The second-order valence-electron chi connectivity index (χ2n) is 16.9. The third-order valence-electron chi connectivity index (χ3n) is 14.3. The van der Waals surface area contributed by atoms with Crippen LogP contribution in [0.1, 0.15) is 102 Å². The van der Waals surface area contributed by atoms with Crippen molar-refractivity contribution in [2.45, 2.75) is 104 Å². The lowest BCUT2D eigenvalue weighted by atomic mass is 9.44. The minimum absolute atomic E-state index is 0.0158. The van der Waals surface area contributed by atoms with Gasteiger partial charge in [0.2, 0.25) is 11.3 Å². The zero-order valence-electron chi connectivity index (χ0n) is 30.5. The number of aliphatic hydroxyl groups is 1. The van der Waals surface area contributed by atoms with Crippen molar-refractivity contribution >= 4 is 40.3 Å². The number of amides is 2. The van der Waals surface area contributed by atoms with E-state index in [0.29, 0.717) is 44.3 Å². The fourth-order valence-electron chi connectivity index (χ4n) is 10.7. The average Bonchev–Trinajstić information content (AvgIpc) is 3.90. The Kier molecular flexibility index (Phi) is 8.94. The molecule has 1 aliphatic heterocycles. The van der Waals surface area contributed by atoms with Gasteiger partial charge in [-0.05, 0) is 80.8 Å². The molecule has 280 valence electrons. The number of nitrogens with zero attached hydrogens (tertiary/aromatic N) is 2. The van der Waals surface area contributed by atoms with Crippen LogP contribution in [0, 0.1) is 45.7 Å². The summed E-state index contributed by atoms with van der Waals surface area (Å²) in [5.74, 6) is -3.38. The maximum Gasteiger partial charge on any atom is 0.414 e. The molecule has 2 heterocycles. The number of aromatic nitrogens is 1. The molecular formula is C40H50FN3O8. The van der Waals surface area contributed by atoms with Crippen LogP contribution >= 0.6 is 0 Å². The van der Waals surface area contributed by atoms with E-state index in [1.54, 1.807) is 21.6 Å². The first-order chi connectivity index (χ1) is 24.6. The molecular weight excluding hydrogens is 669 g/mol. The van der Waals surface area contributed by atoms with Crippen LogP contribution in [0.4, 0.5) is 14.9 Å². The minimum Gasteiger partial charge on any atom is -0.477 e. The normalized spacial score (nSPS) is 35.0. The molecule has 5 fully saturated rings. The first-order valence-electron chi connectivity index (χ1n) is 18.8. The van der Waals surface area contributed by atoms with E-state index in [1.165, 1.54) is 6.20 Å². The standard InChI is InChI=1S/C40H50FN3O8/c1-6-38(4)19-31(39(5)21(2)9-13-40(22(3)34(38)47)14-10-30(45)33(39)40)52-37(51)42-35(48)23-11-15-43(16-12-23)29-18-28-25(17-27(29)41)32(46)26(36(49)50)20-44(28)24-7-8-24/h6,17-18,20-24,31,33-34,47H,1,7-16,19H2,2-5H3,(H,49,50)(H,42,48,51)/t21-,22+,31-,33+,34+,38-,39+,40+/m1/s1. The number of pyridine rings is 1. The van der Waals surface area contributed by atoms with Crippen molar-refractivity contribution < 1.29 is 38.5 Å². The summed E-state index contributed by atoms with van der Waals surface area (Å²) in [5, 5.41) is 23.8. The Morgan fingerprint density at radius 3 is 2.38 bits per heavy atom. The van der Waals surface area contributed by atoms with Gasteiger partial charge in [-0.2, -0.15) is 0 Å². The number of rotatable bonds is 6. The number of nitrogens with one attached hydrogen (secondary N) is 1. The summed E-state index contributed by atoms with van der Waals surface area (Å²) in [4.78, 5) is 67.2. The van der Waals surface area contributed by atoms with Crippen LogP contribution in [-0.4, -0.2) is 63.8 Å². The number of aromatic carboxylic acids is 1. The Labute approximate surface area is 302 Å². The third kappa shape index (κ3) is 5.58. The Morgan fingerprint density at radius 1 is 1.06 bits per heavy atom. The molecule has 1 saturated heterocycles. The van der Waals surface area contributed by atoms with Gasteiger partial charge in [0.25, 0.3) is 0 Å². The number of aliphatic hydroxyl groups excluding tert-OH is 1. The molecule has 12 heteroatoms. The molecule has 4 aliphatic carbocycles. The van der Waals surface area contributed by atoms with E-state index in [2.05, 4.69) is 18.8 Å². The Bertz CT molecular complexity index is 1920. The van der Waals surface area contributed by atoms with Gasteiger partial charge in [0.15, 0.2) is 0 Å². The van der Waals surface area contributed by atoms with Gasteiger partial charge in [0.1, 0.15) is 23.3 Å². The molecule has 4 saturated carbocycles. The summed E-state index contributed by atoms with van der Waals surface area (Å²) in [6, 6.07) is 2.74. The number of halogens is 1. The molecule has 7 rings (SSSR count). The maximum absolute atomic E-state index is 15.5. The highest BCUT2D eigenvalue weighted by atomic mass is 19.1. The summed E-state index contributed by atoms with van der Waals surface area (Å²) >= 11 is 0. The van der Waals surface area contributed by atoms with Crippen LogP contribution < -0.4 is 15.6 Å². The minimum atomic E-state index is -1.35. The number of carboxylic acids is 1. The summed E-state index contributed by atoms with van der Waals surface area (Å²) in [7, 11) is 0. The molecule has 0 radical (unpaired) electrons. The largest absolute Gasteiger partial charge is 0.477 e. The number of carbonyl (C=O) groups is 4. The number of carboxylic acid groups (broad SMARTS) is 1. The van der Waals surface area contributed by atoms with E-state index in [0.717, 1.165) is 31.7 Å². The number of piperidine rings is 1. The molecule has 11 nitrogen and oxygen atoms in total. The smallest absolute Gasteiger partial charge is 0.414 e. The molecule has 2 bridgehead atoms. The fourth-order valence-corrected chi connectivity index (χ4v) is 10.7. The van der Waals surface area contributed by atoms with Crippen molar-refractivity contribution in [3.63, 3.8) is 0 Å². The van der Waals surface area contributed by atoms with Crippen molar-refractivity contribution in [3.8, 4) is 0 Å². The van der Waals surface area contributed by atoms with Gasteiger partial charge >= 0.3 is 12.1 Å². The lowest BCUT2D eigenvalue weighted by Gasteiger charge is -2.61. The van der Waals surface area contributed by atoms with Crippen LogP contribution in [-0.2, 0) is 14.3 Å². The predicted octanol–water partition coefficient (Wildman–Crippen LogP) is 6.01. The van der Waals surface area contributed by atoms with Gasteiger partial charge in [0, 0.05) is 59.8 Å². The van der Waals surface area contributed by atoms with E-state index < -0.39 is 69.1 Å². The lowest BCUT2D eigenvalue weighted by molar-refractivity contribution is -0.191.